The van der Waals surface area contributed by atoms with Gasteiger partial charge in [0.15, 0.2) is 0 Å². The second-order valence-corrected chi connectivity index (χ2v) is 3.77. The van der Waals surface area contributed by atoms with Gasteiger partial charge in [-0.1, -0.05) is 30.3 Å². The van der Waals surface area contributed by atoms with Crippen LogP contribution in [-0.4, -0.2) is 9.55 Å². The first-order valence-electron chi connectivity index (χ1n) is 5.38. The van der Waals surface area contributed by atoms with Gasteiger partial charge in [0, 0.05) is 0 Å². The molecule has 3 aromatic rings. The van der Waals surface area contributed by atoms with E-state index in [2.05, 4.69) is 4.98 Å². The second-order valence-electron chi connectivity index (χ2n) is 3.77. The molecule has 0 saturated carbocycles. The summed E-state index contributed by atoms with van der Waals surface area (Å²) in [7, 11) is 0. The van der Waals surface area contributed by atoms with Crippen LogP contribution in [0, 0.1) is 0 Å². The van der Waals surface area contributed by atoms with Crippen LogP contribution in [0.25, 0.3) is 16.6 Å². The topological polar surface area (TPSA) is 34.9 Å². The van der Waals surface area contributed by atoms with Gasteiger partial charge in [-0.25, -0.2) is 4.98 Å². The number of aromatic nitrogens is 2. The Kier molecular flexibility index (Phi) is 2.22. The molecule has 0 amide bonds. The number of benzene rings is 2. The van der Waals surface area contributed by atoms with Gasteiger partial charge in [-0.3, -0.25) is 9.36 Å². The Morgan fingerprint density at radius 2 is 1.59 bits per heavy atom. The Bertz CT molecular complexity index is 717. The monoisotopic (exact) mass is 222 g/mol. The van der Waals surface area contributed by atoms with Crippen molar-refractivity contribution in [1.29, 1.82) is 0 Å². The lowest BCUT2D eigenvalue weighted by molar-refractivity contribution is 0.963. The van der Waals surface area contributed by atoms with Crippen LogP contribution in [0.15, 0.2) is 65.7 Å². The second kappa shape index (κ2) is 3.87. The van der Waals surface area contributed by atoms with Crippen LogP contribution in [0.1, 0.15) is 0 Å². The quantitative estimate of drug-likeness (QED) is 0.633. The molecule has 2 aromatic carbocycles. The summed E-state index contributed by atoms with van der Waals surface area (Å²) in [5.74, 6) is 0. The molecule has 82 valence electrons. The largest absolute Gasteiger partial charge is 0.268 e. The minimum atomic E-state index is -0.0400. The van der Waals surface area contributed by atoms with Crippen LogP contribution >= 0.6 is 0 Å². The van der Waals surface area contributed by atoms with Crippen molar-refractivity contribution in [3.8, 4) is 5.69 Å². The summed E-state index contributed by atoms with van der Waals surface area (Å²) < 4.78 is 1.56. The molecular weight excluding hydrogens is 212 g/mol. The molecule has 0 N–H and O–H groups in total. The van der Waals surface area contributed by atoms with E-state index in [0.717, 1.165) is 11.2 Å². The van der Waals surface area contributed by atoms with Crippen LogP contribution in [0.4, 0.5) is 0 Å². The van der Waals surface area contributed by atoms with E-state index in [-0.39, 0.29) is 5.56 Å². The molecule has 3 nitrogen and oxygen atoms in total. The zero-order valence-electron chi connectivity index (χ0n) is 9.08. The highest BCUT2D eigenvalue weighted by Crippen LogP contribution is 2.08. The van der Waals surface area contributed by atoms with Crippen molar-refractivity contribution in [3.05, 3.63) is 71.3 Å². The van der Waals surface area contributed by atoms with E-state index in [1.807, 2.05) is 48.5 Å². The van der Waals surface area contributed by atoms with Crippen molar-refractivity contribution in [2.45, 2.75) is 0 Å². The van der Waals surface area contributed by atoms with Gasteiger partial charge in [-0.05, 0) is 24.3 Å². The zero-order chi connectivity index (χ0) is 11.7. The Labute approximate surface area is 98.0 Å². The van der Waals surface area contributed by atoms with Crippen molar-refractivity contribution >= 4 is 10.9 Å². The van der Waals surface area contributed by atoms with Gasteiger partial charge in [0.05, 0.1) is 16.6 Å². The number of para-hydroxylation sites is 2. The number of hydrogen-bond acceptors (Lipinski definition) is 2. The predicted molar refractivity (Wildman–Crippen MR) is 67.3 cm³/mol. The third-order valence-corrected chi connectivity index (χ3v) is 2.70. The van der Waals surface area contributed by atoms with Crippen LogP contribution in [0.3, 0.4) is 0 Å². The van der Waals surface area contributed by atoms with Gasteiger partial charge in [0.25, 0.3) is 5.56 Å². The van der Waals surface area contributed by atoms with Crippen molar-refractivity contribution in [2.75, 3.05) is 0 Å². The van der Waals surface area contributed by atoms with E-state index >= 15 is 0 Å². The van der Waals surface area contributed by atoms with Gasteiger partial charge in [0.2, 0.25) is 0 Å². The third-order valence-electron chi connectivity index (χ3n) is 2.70. The standard InChI is InChI=1S/C14H10N2O/c17-14-12-8-4-5-9-13(12)15-10-16(14)11-6-2-1-3-7-11/h1-10H. The molecule has 0 aliphatic carbocycles. The first-order chi connectivity index (χ1) is 8.36. The van der Waals surface area contributed by atoms with Gasteiger partial charge < -0.3 is 0 Å². The third kappa shape index (κ3) is 1.61. The van der Waals surface area contributed by atoms with E-state index in [0.29, 0.717) is 5.39 Å². The van der Waals surface area contributed by atoms with Gasteiger partial charge in [0.1, 0.15) is 6.33 Å². The smallest absolute Gasteiger partial charge is 0.265 e. The van der Waals surface area contributed by atoms with Crippen LogP contribution in [0.2, 0.25) is 0 Å². The number of hydrogen-bond donors (Lipinski definition) is 0. The van der Waals surface area contributed by atoms with Gasteiger partial charge in [-0.2, -0.15) is 0 Å². The average Bonchev–Trinajstić information content (AvgIpc) is 2.40. The molecule has 0 saturated heterocycles. The van der Waals surface area contributed by atoms with Crippen molar-refractivity contribution in [1.82, 2.24) is 9.55 Å². The number of rotatable bonds is 1. The van der Waals surface area contributed by atoms with Crippen molar-refractivity contribution in [2.24, 2.45) is 0 Å². The molecule has 0 spiro atoms. The summed E-state index contributed by atoms with van der Waals surface area (Å²) in [5, 5.41) is 0.638. The molecule has 0 bridgehead atoms. The highest BCUT2D eigenvalue weighted by molar-refractivity contribution is 5.77. The molecule has 0 aliphatic rings. The van der Waals surface area contributed by atoms with Crippen molar-refractivity contribution < 1.29 is 0 Å². The lowest BCUT2D eigenvalue weighted by atomic mass is 10.2. The van der Waals surface area contributed by atoms with E-state index in [4.69, 9.17) is 0 Å². The first kappa shape index (κ1) is 9.78. The zero-order valence-corrected chi connectivity index (χ0v) is 9.08. The van der Waals surface area contributed by atoms with E-state index in [1.165, 1.54) is 0 Å². The summed E-state index contributed by atoms with van der Waals surface area (Å²) in [6, 6.07) is 16.9. The van der Waals surface area contributed by atoms with Gasteiger partial charge in [-0.15, -0.1) is 0 Å². The summed E-state index contributed by atoms with van der Waals surface area (Å²) in [6.07, 6.45) is 1.57. The first-order valence-corrected chi connectivity index (χ1v) is 5.38. The lowest BCUT2D eigenvalue weighted by Crippen LogP contribution is -2.18. The van der Waals surface area contributed by atoms with E-state index in [1.54, 1.807) is 17.0 Å². The molecule has 0 fully saturated rings. The molecule has 1 heterocycles. The molecule has 3 heteroatoms. The highest BCUT2D eigenvalue weighted by atomic mass is 16.1. The number of fused-ring (bicyclic) bond motifs is 1. The average molecular weight is 222 g/mol. The Morgan fingerprint density at radius 3 is 2.41 bits per heavy atom. The minimum Gasteiger partial charge on any atom is -0.268 e. The van der Waals surface area contributed by atoms with Crippen LogP contribution in [-0.2, 0) is 0 Å². The molecule has 0 unspecified atom stereocenters. The normalized spacial score (nSPS) is 10.6. The SMILES string of the molecule is O=c1c2ccccc2ncn1-c1ccccc1. The lowest BCUT2D eigenvalue weighted by Gasteiger charge is -2.05. The molecule has 0 atom stereocenters. The molecule has 0 radical (unpaired) electrons. The van der Waals surface area contributed by atoms with E-state index in [9.17, 15) is 4.79 Å². The highest BCUT2D eigenvalue weighted by Gasteiger charge is 2.03. The fourth-order valence-corrected chi connectivity index (χ4v) is 1.84. The Hall–Kier alpha value is -2.42. The molecule has 3 rings (SSSR count). The van der Waals surface area contributed by atoms with Crippen molar-refractivity contribution in [3.63, 3.8) is 0 Å². The fraction of sp³-hybridized carbons (Fsp3) is 0. The van der Waals surface area contributed by atoms with Gasteiger partial charge >= 0.3 is 0 Å². The van der Waals surface area contributed by atoms with Crippen LogP contribution in [0.5, 0.6) is 0 Å². The summed E-state index contributed by atoms with van der Waals surface area (Å²) in [4.78, 5) is 16.5. The Balaban J connectivity index is 2.33. The molecule has 1 aromatic heterocycles. The maximum Gasteiger partial charge on any atom is 0.265 e. The molecule has 0 aliphatic heterocycles. The Morgan fingerprint density at radius 1 is 0.882 bits per heavy atom. The predicted octanol–water partition coefficient (Wildman–Crippen LogP) is 2.39. The summed E-state index contributed by atoms with van der Waals surface area (Å²) in [5.41, 5.74) is 1.52. The van der Waals surface area contributed by atoms with Crippen LogP contribution < -0.4 is 5.56 Å². The molecule has 17 heavy (non-hydrogen) atoms. The number of nitrogens with zero attached hydrogens (tertiary/aromatic N) is 2. The summed E-state index contributed by atoms with van der Waals surface area (Å²) in [6.45, 7) is 0. The van der Waals surface area contributed by atoms with E-state index < -0.39 is 0 Å². The minimum absolute atomic E-state index is 0.0400. The maximum atomic E-state index is 12.3. The molecular formula is C14H10N2O. The maximum absolute atomic E-state index is 12.3. The fourth-order valence-electron chi connectivity index (χ4n) is 1.84. The summed E-state index contributed by atoms with van der Waals surface area (Å²) >= 11 is 0.